The summed E-state index contributed by atoms with van der Waals surface area (Å²) < 4.78 is 0. The first-order valence-corrected chi connectivity index (χ1v) is 7.03. The molecule has 0 aliphatic heterocycles. The summed E-state index contributed by atoms with van der Waals surface area (Å²) in [6.45, 7) is 9.35. The van der Waals surface area contributed by atoms with Crippen LogP contribution in [0, 0.1) is 18.3 Å². The van der Waals surface area contributed by atoms with Gasteiger partial charge >= 0.3 is 0 Å². The lowest BCUT2D eigenvalue weighted by Gasteiger charge is -2.37. The Bertz CT molecular complexity index is 345. The molecular weight excluding hydrogens is 204 g/mol. The van der Waals surface area contributed by atoms with Crippen molar-refractivity contribution in [2.45, 2.75) is 59.3 Å². The van der Waals surface area contributed by atoms with Gasteiger partial charge in [0.2, 0.25) is 0 Å². The molecule has 0 heteroatoms. The predicted molar refractivity (Wildman–Crippen MR) is 75.3 cm³/mol. The molecule has 1 aromatic carbocycles. The third-order valence-electron chi connectivity index (χ3n) is 4.50. The number of hydrogen-bond acceptors (Lipinski definition) is 0. The van der Waals surface area contributed by atoms with Gasteiger partial charge in [-0.2, -0.15) is 0 Å². The standard InChI is InChI=1S/C17H26/c1-13-5-7-14(8-6-13)15-9-11-16(12-10-15)17(2,3)4/h5-8,15-16H,9-12H2,1-4H3. The summed E-state index contributed by atoms with van der Waals surface area (Å²) in [6.07, 6.45) is 5.57. The fourth-order valence-corrected chi connectivity index (χ4v) is 3.13. The van der Waals surface area contributed by atoms with Crippen LogP contribution < -0.4 is 0 Å². The third-order valence-corrected chi connectivity index (χ3v) is 4.50. The van der Waals surface area contributed by atoms with E-state index in [0.29, 0.717) is 5.41 Å². The molecule has 0 heterocycles. The highest BCUT2D eigenvalue weighted by molar-refractivity contribution is 5.24. The lowest BCUT2D eigenvalue weighted by atomic mass is 9.69. The number of rotatable bonds is 1. The first kappa shape index (κ1) is 12.7. The van der Waals surface area contributed by atoms with Crippen LogP contribution >= 0.6 is 0 Å². The van der Waals surface area contributed by atoms with Crippen LogP contribution in [-0.2, 0) is 0 Å². The summed E-state index contributed by atoms with van der Waals surface area (Å²) >= 11 is 0. The predicted octanol–water partition coefficient (Wildman–Crippen LogP) is 5.31. The summed E-state index contributed by atoms with van der Waals surface area (Å²) in [7, 11) is 0. The second kappa shape index (κ2) is 4.84. The molecule has 0 unspecified atom stereocenters. The van der Waals surface area contributed by atoms with Gasteiger partial charge in [-0.3, -0.25) is 0 Å². The number of benzene rings is 1. The highest BCUT2D eigenvalue weighted by Gasteiger charge is 2.29. The Kier molecular flexibility index (Phi) is 3.61. The molecule has 17 heavy (non-hydrogen) atoms. The normalized spacial score (nSPS) is 25.9. The monoisotopic (exact) mass is 230 g/mol. The highest BCUT2D eigenvalue weighted by atomic mass is 14.3. The van der Waals surface area contributed by atoms with E-state index in [1.807, 2.05) is 0 Å². The van der Waals surface area contributed by atoms with Crippen LogP contribution in [0.15, 0.2) is 24.3 Å². The van der Waals surface area contributed by atoms with Crippen molar-refractivity contribution in [2.24, 2.45) is 11.3 Å². The fourth-order valence-electron chi connectivity index (χ4n) is 3.13. The molecule has 0 saturated heterocycles. The van der Waals surface area contributed by atoms with Crippen molar-refractivity contribution in [1.29, 1.82) is 0 Å². The molecule has 1 aliphatic carbocycles. The molecule has 0 aromatic heterocycles. The van der Waals surface area contributed by atoms with E-state index in [1.54, 1.807) is 5.56 Å². The average Bonchev–Trinajstić information content (AvgIpc) is 2.29. The molecule has 1 fully saturated rings. The van der Waals surface area contributed by atoms with Gasteiger partial charge in [0.15, 0.2) is 0 Å². The van der Waals surface area contributed by atoms with Gasteiger partial charge in [0.1, 0.15) is 0 Å². The van der Waals surface area contributed by atoms with E-state index in [2.05, 4.69) is 52.0 Å². The summed E-state index contributed by atoms with van der Waals surface area (Å²) in [6, 6.07) is 9.17. The topological polar surface area (TPSA) is 0 Å². The van der Waals surface area contributed by atoms with Gasteiger partial charge in [-0.05, 0) is 55.4 Å². The number of hydrogen-bond donors (Lipinski definition) is 0. The molecule has 2 rings (SSSR count). The maximum atomic E-state index is 2.39. The van der Waals surface area contributed by atoms with Crippen LogP contribution in [0.1, 0.15) is 63.5 Å². The lowest BCUT2D eigenvalue weighted by Crippen LogP contribution is -2.25. The highest BCUT2D eigenvalue weighted by Crippen LogP contribution is 2.43. The van der Waals surface area contributed by atoms with E-state index in [-0.39, 0.29) is 0 Å². The Balaban J connectivity index is 1.97. The van der Waals surface area contributed by atoms with Crippen LogP contribution in [0.3, 0.4) is 0 Å². The van der Waals surface area contributed by atoms with E-state index in [4.69, 9.17) is 0 Å². The van der Waals surface area contributed by atoms with Crippen molar-refractivity contribution in [2.75, 3.05) is 0 Å². The molecule has 1 saturated carbocycles. The van der Waals surface area contributed by atoms with Crippen molar-refractivity contribution in [3.8, 4) is 0 Å². The Morgan fingerprint density at radius 2 is 1.41 bits per heavy atom. The Morgan fingerprint density at radius 1 is 0.882 bits per heavy atom. The maximum Gasteiger partial charge on any atom is -0.0162 e. The van der Waals surface area contributed by atoms with Crippen LogP contribution in [0.5, 0.6) is 0 Å². The van der Waals surface area contributed by atoms with E-state index >= 15 is 0 Å². The van der Waals surface area contributed by atoms with Crippen molar-refractivity contribution < 1.29 is 0 Å². The second-order valence-electron chi connectivity index (χ2n) is 6.83. The first-order valence-electron chi connectivity index (χ1n) is 7.03. The largest absolute Gasteiger partial charge is 0.0599 e. The zero-order chi connectivity index (χ0) is 12.5. The Hall–Kier alpha value is -0.780. The van der Waals surface area contributed by atoms with E-state index < -0.39 is 0 Å². The first-order chi connectivity index (χ1) is 7.97. The van der Waals surface area contributed by atoms with Crippen molar-refractivity contribution in [3.63, 3.8) is 0 Å². The van der Waals surface area contributed by atoms with E-state index in [1.165, 1.54) is 31.2 Å². The van der Waals surface area contributed by atoms with Crippen molar-refractivity contribution in [3.05, 3.63) is 35.4 Å². The molecule has 94 valence electrons. The Labute approximate surface area is 106 Å². The Morgan fingerprint density at radius 3 is 1.88 bits per heavy atom. The molecule has 0 amide bonds. The second-order valence-corrected chi connectivity index (χ2v) is 6.83. The van der Waals surface area contributed by atoms with Crippen molar-refractivity contribution >= 4 is 0 Å². The van der Waals surface area contributed by atoms with Gasteiger partial charge in [-0.1, -0.05) is 50.6 Å². The van der Waals surface area contributed by atoms with E-state index in [9.17, 15) is 0 Å². The zero-order valence-electron chi connectivity index (χ0n) is 11.8. The minimum absolute atomic E-state index is 0.498. The van der Waals surface area contributed by atoms with Crippen LogP contribution in [0.4, 0.5) is 0 Å². The minimum Gasteiger partial charge on any atom is -0.0599 e. The fraction of sp³-hybridized carbons (Fsp3) is 0.647. The number of aryl methyl sites for hydroxylation is 1. The van der Waals surface area contributed by atoms with Crippen LogP contribution in [-0.4, -0.2) is 0 Å². The van der Waals surface area contributed by atoms with Gasteiger partial charge in [-0.15, -0.1) is 0 Å². The van der Waals surface area contributed by atoms with Gasteiger partial charge in [0, 0.05) is 0 Å². The zero-order valence-corrected chi connectivity index (χ0v) is 11.8. The molecule has 0 N–H and O–H groups in total. The molecule has 0 atom stereocenters. The molecule has 1 aromatic rings. The van der Waals surface area contributed by atoms with Crippen LogP contribution in [0.2, 0.25) is 0 Å². The molecule has 1 aliphatic rings. The quantitative estimate of drug-likeness (QED) is 0.613. The molecule has 0 bridgehead atoms. The SMILES string of the molecule is Cc1ccc(C2CCC(C(C)(C)C)CC2)cc1. The van der Waals surface area contributed by atoms with E-state index in [0.717, 1.165) is 11.8 Å². The average molecular weight is 230 g/mol. The summed E-state index contributed by atoms with van der Waals surface area (Å²) in [5.41, 5.74) is 3.43. The summed E-state index contributed by atoms with van der Waals surface area (Å²) in [5.74, 6) is 1.73. The molecule has 0 radical (unpaired) electrons. The smallest absolute Gasteiger partial charge is 0.0162 e. The van der Waals surface area contributed by atoms with Crippen LogP contribution in [0.25, 0.3) is 0 Å². The van der Waals surface area contributed by atoms with Gasteiger partial charge in [0.05, 0.1) is 0 Å². The summed E-state index contributed by atoms with van der Waals surface area (Å²) in [4.78, 5) is 0. The van der Waals surface area contributed by atoms with Gasteiger partial charge in [0.25, 0.3) is 0 Å². The lowest BCUT2D eigenvalue weighted by molar-refractivity contribution is 0.169. The van der Waals surface area contributed by atoms with Crippen molar-refractivity contribution in [1.82, 2.24) is 0 Å². The molecule has 0 nitrogen and oxygen atoms in total. The maximum absolute atomic E-state index is 2.39. The molecular formula is C17H26. The minimum atomic E-state index is 0.498. The van der Waals surface area contributed by atoms with Gasteiger partial charge < -0.3 is 0 Å². The molecule has 0 spiro atoms. The summed E-state index contributed by atoms with van der Waals surface area (Å²) in [5, 5.41) is 0. The van der Waals surface area contributed by atoms with Gasteiger partial charge in [-0.25, -0.2) is 0 Å². The third kappa shape index (κ3) is 3.12.